The molecule has 0 spiro atoms. The van der Waals surface area contributed by atoms with Gasteiger partial charge in [-0.05, 0) is 18.1 Å². The highest BCUT2D eigenvalue weighted by molar-refractivity contribution is 6.74. The normalized spacial score (nSPS) is 22.9. The molecule has 2 atom stereocenters. The molecule has 11 heteroatoms. The van der Waals surface area contributed by atoms with Crippen LogP contribution in [0.15, 0.2) is 6.33 Å². The monoisotopic (exact) mass is 413 g/mol. The van der Waals surface area contributed by atoms with Crippen molar-refractivity contribution in [2.24, 2.45) is 0 Å². The topological polar surface area (TPSA) is 129 Å². The number of imidazole rings is 1. The summed E-state index contributed by atoms with van der Waals surface area (Å²) in [6.45, 7) is 9.67. The molecule has 3 rings (SSSR count). The third kappa shape index (κ3) is 3.41. The molecule has 156 valence electrons. The average molecular weight is 414 g/mol. The van der Waals surface area contributed by atoms with Crippen LogP contribution >= 0.6 is 0 Å². The third-order valence-corrected chi connectivity index (χ3v) is 10.4. The van der Waals surface area contributed by atoms with Crippen LogP contribution in [-0.4, -0.2) is 63.0 Å². The second-order valence-corrected chi connectivity index (χ2v) is 13.5. The Bertz CT molecular complexity index is 865. The number of ether oxygens (including phenoxy) is 1. The average Bonchev–Trinajstić information content (AvgIpc) is 3.15. The molecule has 3 heterocycles. The first kappa shape index (κ1) is 21.1. The van der Waals surface area contributed by atoms with Crippen LogP contribution in [0.2, 0.25) is 18.1 Å². The predicted molar refractivity (Wildman–Crippen MR) is 103 cm³/mol. The maximum absolute atomic E-state index is 13.7. The zero-order valence-corrected chi connectivity index (χ0v) is 17.8. The number of nitrogen functional groups attached to an aromatic ring is 1. The molecule has 0 radical (unpaired) electrons. The van der Waals surface area contributed by atoms with E-state index in [4.69, 9.17) is 14.9 Å². The Hall–Kier alpha value is -1.66. The zero-order chi connectivity index (χ0) is 20.9. The number of nitrogens with two attached hydrogens (primary N) is 1. The number of nitrogens with zero attached hydrogens (tertiary/aromatic N) is 4. The number of halogens is 1. The smallest absolute Gasteiger partial charge is 0.312 e. The van der Waals surface area contributed by atoms with Crippen molar-refractivity contribution in [1.29, 1.82) is 0 Å². The van der Waals surface area contributed by atoms with Crippen LogP contribution in [0.4, 0.5) is 10.2 Å². The molecular formula is C17H28FN5O4Si. The summed E-state index contributed by atoms with van der Waals surface area (Å²) in [5.74, 6) is -0.0658. The van der Waals surface area contributed by atoms with Gasteiger partial charge >= 0.3 is 6.08 Å². The lowest BCUT2D eigenvalue weighted by Gasteiger charge is -2.42. The van der Waals surface area contributed by atoms with Gasteiger partial charge in [-0.2, -0.15) is 14.4 Å². The van der Waals surface area contributed by atoms with Gasteiger partial charge in [-0.1, -0.05) is 20.8 Å². The summed E-state index contributed by atoms with van der Waals surface area (Å²) in [5.41, 5.74) is 4.89. The molecular weight excluding hydrogens is 385 g/mol. The minimum Gasteiger partial charge on any atom is -0.411 e. The van der Waals surface area contributed by atoms with E-state index in [-0.39, 0.29) is 22.0 Å². The predicted octanol–water partition coefficient (Wildman–Crippen LogP) is 1.58. The van der Waals surface area contributed by atoms with Gasteiger partial charge in [-0.3, -0.25) is 4.57 Å². The fourth-order valence-electron chi connectivity index (χ4n) is 3.10. The van der Waals surface area contributed by atoms with Crippen molar-refractivity contribution >= 4 is 25.3 Å². The SMILES string of the molecule is CC(C)(C)[Si](C)(C)O[C@H]1C[C@H](n2cnc3c(N)nc(F)nc32)OC1(CO)CO. The van der Waals surface area contributed by atoms with Gasteiger partial charge in [0.15, 0.2) is 25.3 Å². The van der Waals surface area contributed by atoms with Crippen LogP contribution in [0.25, 0.3) is 11.2 Å². The van der Waals surface area contributed by atoms with E-state index in [1.54, 1.807) is 0 Å². The molecule has 0 aliphatic carbocycles. The van der Waals surface area contributed by atoms with Crippen LogP contribution in [0.3, 0.4) is 0 Å². The van der Waals surface area contributed by atoms with Crippen molar-refractivity contribution in [3.8, 4) is 0 Å². The molecule has 0 aromatic carbocycles. The van der Waals surface area contributed by atoms with Crippen molar-refractivity contribution in [3.05, 3.63) is 12.4 Å². The first-order valence-electron chi connectivity index (χ1n) is 9.17. The van der Waals surface area contributed by atoms with E-state index in [1.165, 1.54) is 10.9 Å². The van der Waals surface area contributed by atoms with Gasteiger partial charge < -0.3 is 25.1 Å². The Kier molecular flexibility index (Phi) is 5.26. The summed E-state index contributed by atoms with van der Waals surface area (Å²) in [4.78, 5) is 11.4. The fraction of sp³-hybridized carbons (Fsp3) is 0.706. The summed E-state index contributed by atoms with van der Waals surface area (Å²) < 4.78 is 27.7. The lowest BCUT2D eigenvalue weighted by molar-refractivity contribution is -0.146. The number of anilines is 1. The molecule has 28 heavy (non-hydrogen) atoms. The minimum atomic E-state index is -2.21. The van der Waals surface area contributed by atoms with Gasteiger partial charge in [0.2, 0.25) is 0 Å². The van der Waals surface area contributed by atoms with Gasteiger partial charge in [0.05, 0.1) is 25.6 Å². The van der Waals surface area contributed by atoms with E-state index >= 15 is 0 Å². The number of fused-ring (bicyclic) bond motifs is 1. The maximum Gasteiger partial charge on any atom is 0.312 e. The number of aliphatic hydroxyl groups is 2. The summed E-state index contributed by atoms with van der Waals surface area (Å²) in [6.07, 6.45) is -0.393. The van der Waals surface area contributed by atoms with Crippen molar-refractivity contribution in [2.45, 2.75) is 63.3 Å². The quantitative estimate of drug-likeness (QED) is 0.498. The summed E-state index contributed by atoms with van der Waals surface area (Å²) in [6, 6.07) is 0. The molecule has 0 bridgehead atoms. The van der Waals surface area contributed by atoms with Gasteiger partial charge in [0.25, 0.3) is 0 Å². The molecule has 4 N–H and O–H groups in total. The van der Waals surface area contributed by atoms with Gasteiger partial charge in [0, 0.05) is 6.42 Å². The Balaban J connectivity index is 1.98. The number of rotatable bonds is 5. The van der Waals surface area contributed by atoms with Gasteiger partial charge in [0.1, 0.15) is 11.8 Å². The Morgan fingerprint density at radius 1 is 1.36 bits per heavy atom. The van der Waals surface area contributed by atoms with Crippen LogP contribution in [0.5, 0.6) is 0 Å². The Morgan fingerprint density at radius 3 is 2.57 bits per heavy atom. The molecule has 0 unspecified atom stereocenters. The summed E-state index contributed by atoms with van der Waals surface area (Å²) in [5, 5.41) is 20.0. The number of aliphatic hydroxyl groups excluding tert-OH is 2. The van der Waals surface area contributed by atoms with Gasteiger partial charge in [-0.15, -0.1) is 0 Å². The minimum absolute atomic E-state index is 0.0613. The molecule has 9 nitrogen and oxygen atoms in total. The molecule has 0 amide bonds. The standard InChI is InChI=1S/C17H28FN5O4Si/c1-16(2,3)28(4,5)27-10-6-11(26-17(10,7-24)8-25)23-9-20-12-13(19)21-15(18)22-14(12)23/h9-11,24-25H,6-8H2,1-5H3,(H2,19,21,22)/t10-,11+/m0/s1. The molecule has 1 aliphatic heterocycles. The maximum atomic E-state index is 13.7. The molecule has 1 saturated heterocycles. The van der Waals surface area contributed by atoms with E-state index < -0.39 is 45.5 Å². The Labute approximate surface area is 163 Å². The van der Waals surface area contributed by atoms with E-state index in [9.17, 15) is 14.6 Å². The third-order valence-electron chi connectivity index (χ3n) is 5.88. The van der Waals surface area contributed by atoms with Gasteiger partial charge in [-0.25, -0.2) is 4.98 Å². The highest BCUT2D eigenvalue weighted by Crippen LogP contribution is 2.45. The van der Waals surface area contributed by atoms with Crippen molar-refractivity contribution in [3.63, 3.8) is 0 Å². The van der Waals surface area contributed by atoms with E-state index in [1.807, 2.05) is 0 Å². The van der Waals surface area contributed by atoms with E-state index in [0.717, 1.165) is 0 Å². The summed E-state index contributed by atoms with van der Waals surface area (Å²) in [7, 11) is -2.21. The van der Waals surface area contributed by atoms with Crippen molar-refractivity contribution in [1.82, 2.24) is 19.5 Å². The fourth-order valence-corrected chi connectivity index (χ4v) is 4.48. The van der Waals surface area contributed by atoms with Crippen LogP contribution < -0.4 is 5.73 Å². The van der Waals surface area contributed by atoms with Crippen LogP contribution in [0, 0.1) is 6.08 Å². The highest BCUT2D eigenvalue weighted by Gasteiger charge is 2.53. The molecule has 0 saturated carbocycles. The molecule has 2 aromatic heterocycles. The molecule has 2 aromatic rings. The molecule has 1 aliphatic rings. The lowest BCUT2D eigenvalue weighted by atomic mass is 9.99. The van der Waals surface area contributed by atoms with Crippen molar-refractivity contribution in [2.75, 3.05) is 18.9 Å². The second kappa shape index (κ2) is 6.99. The molecule has 1 fully saturated rings. The first-order valence-corrected chi connectivity index (χ1v) is 12.1. The van der Waals surface area contributed by atoms with E-state index in [0.29, 0.717) is 6.42 Å². The number of hydrogen-bond donors (Lipinski definition) is 3. The number of hydrogen-bond acceptors (Lipinski definition) is 8. The highest BCUT2D eigenvalue weighted by atomic mass is 28.4. The first-order chi connectivity index (χ1) is 12.9. The second-order valence-electron chi connectivity index (χ2n) is 8.76. The Morgan fingerprint density at radius 2 is 2.00 bits per heavy atom. The van der Waals surface area contributed by atoms with E-state index in [2.05, 4.69) is 48.8 Å². The zero-order valence-electron chi connectivity index (χ0n) is 16.8. The number of aromatic nitrogens is 4. The van der Waals surface area contributed by atoms with Crippen molar-refractivity contribution < 1.29 is 23.8 Å². The summed E-state index contributed by atoms with van der Waals surface area (Å²) >= 11 is 0. The van der Waals surface area contributed by atoms with Crippen LogP contribution in [-0.2, 0) is 9.16 Å². The lowest BCUT2D eigenvalue weighted by Crippen LogP contribution is -2.54. The largest absolute Gasteiger partial charge is 0.411 e. The van der Waals surface area contributed by atoms with Crippen LogP contribution in [0.1, 0.15) is 33.4 Å².